The highest BCUT2D eigenvalue weighted by Crippen LogP contribution is 2.08. The molecule has 0 aliphatic rings. The van der Waals surface area contributed by atoms with Crippen LogP contribution in [-0.4, -0.2) is 86.0 Å². The van der Waals surface area contributed by atoms with E-state index in [-0.39, 0.29) is 19.3 Å². The normalized spacial score (nSPS) is 14.4. The van der Waals surface area contributed by atoms with Crippen molar-refractivity contribution in [1.82, 2.24) is 25.9 Å². The first kappa shape index (κ1) is 29.9. The fourth-order valence-electron chi connectivity index (χ4n) is 3.08. The van der Waals surface area contributed by atoms with Gasteiger partial charge in [0.05, 0.1) is 12.4 Å². The van der Waals surface area contributed by atoms with E-state index in [1.54, 1.807) is 13.8 Å². The van der Waals surface area contributed by atoms with E-state index in [9.17, 15) is 29.1 Å². The Balaban J connectivity index is 2.92. The lowest BCUT2D eigenvalue weighted by Gasteiger charge is -2.27. The number of nitrogens with one attached hydrogen (secondary N) is 4. The zero-order valence-corrected chi connectivity index (χ0v) is 20.8. The Kier molecular flexibility index (Phi) is 12.8. The van der Waals surface area contributed by atoms with Gasteiger partial charge >= 0.3 is 11.9 Å². The van der Waals surface area contributed by atoms with Gasteiger partial charge in [-0.3, -0.25) is 19.2 Å². The topological polar surface area (TPSA) is 217 Å². The minimum Gasteiger partial charge on any atom is -0.481 e. The van der Waals surface area contributed by atoms with E-state index in [0.29, 0.717) is 11.4 Å². The molecule has 0 bridgehead atoms. The van der Waals surface area contributed by atoms with Gasteiger partial charge in [0.25, 0.3) is 0 Å². The highest BCUT2D eigenvalue weighted by atomic mass is 32.2. The molecular formula is C21H34N6O7S. The average Bonchev–Trinajstić information content (AvgIpc) is 3.29. The molecule has 0 fully saturated rings. The van der Waals surface area contributed by atoms with Gasteiger partial charge in [-0.15, -0.1) is 0 Å². The minimum atomic E-state index is -1.27. The first-order valence-corrected chi connectivity index (χ1v) is 12.4. The quantitative estimate of drug-likeness (QED) is 0.144. The minimum absolute atomic E-state index is 0.114. The van der Waals surface area contributed by atoms with Crippen LogP contribution in [0.2, 0.25) is 0 Å². The van der Waals surface area contributed by atoms with Gasteiger partial charge in [0.15, 0.2) is 0 Å². The number of carbonyl (C=O) groups is 5. The number of hydrogen-bond acceptors (Lipinski definition) is 8. The van der Waals surface area contributed by atoms with Crippen LogP contribution in [-0.2, 0) is 30.4 Å². The van der Waals surface area contributed by atoms with Crippen molar-refractivity contribution in [1.29, 1.82) is 0 Å². The average molecular weight is 515 g/mol. The fraction of sp³-hybridized carbons (Fsp3) is 0.619. The standard InChI is InChI=1S/C21H34N6O7S/c1-11(2)17(20(32)26-15(21(33)34)6-7-35-3)27-19(31)14(4-5-16(28)29)25-18(30)13(22)8-12-9-23-10-24-12/h9-11,13-15,17H,4-8,22H2,1-3H3,(H,23,24)(H,25,30)(H,26,32)(H,27,31)(H,28,29)(H,33,34). The Morgan fingerprint density at radius 2 is 1.69 bits per heavy atom. The lowest BCUT2D eigenvalue weighted by Crippen LogP contribution is -2.58. The van der Waals surface area contributed by atoms with E-state index in [4.69, 9.17) is 10.8 Å². The third-order valence-corrected chi connectivity index (χ3v) is 5.73. The van der Waals surface area contributed by atoms with Gasteiger partial charge < -0.3 is 36.9 Å². The summed E-state index contributed by atoms with van der Waals surface area (Å²) < 4.78 is 0. The Morgan fingerprint density at radius 1 is 1.03 bits per heavy atom. The maximum atomic E-state index is 13.0. The molecule has 1 aromatic heterocycles. The van der Waals surface area contributed by atoms with Gasteiger partial charge in [0, 0.05) is 24.7 Å². The molecule has 1 aromatic rings. The molecule has 0 aromatic carbocycles. The molecule has 3 amide bonds. The molecule has 0 spiro atoms. The zero-order valence-electron chi connectivity index (χ0n) is 19.9. The summed E-state index contributed by atoms with van der Waals surface area (Å²) in [5.41, 5.74) is 6.51. The summed E-state index contributed by atoms with van der Waals surface area (Å²) in [4.78, 5) is 67.5. The summed E-state index contributed by atoms with van der Waals surface area (Å²) in [6, 6.07) is -4.54. The summed E-state index contributed by atoms with van der Waals surface area (Å²) in [5.74, 6) is -4.43. The molecule has 1 rings (SSSR count). The second kappa shape index (κ2) is 15.0. The smallest absolute Gasteiger partial charge is 0.326 e. The van der Waals surface area contributed by atoms with Crippen molar-refractivity contribution >= 4 is 41.4 Å². The number of aromatic amines is 1. The Labute approximate surface area is 207 Å². The number of amides is 3. The summed E-state index contributed by atoms with van der Waals surface area (Å²) in [6.07, 6.45) is 4.40. The Hall–Kier alpha value is -3.13. The molecule has 0 aliphatic carbocycles. The third-order valence-electron chi connectivity index (χ3n) is 5.08. The number of nitrogens with two attached hydrogens (primary N) is 1. The van der Waals surface area contributed by atoms with Gasteiger partial charge in [-0.05, 0) is 30.8 Å². The van der Waals surface area contributed by atoms with Crippen molar-refractivity contribution in [3.63, 3.8) is 0 Å². The molecule has 1 heterocycles. The molecule has 35 heavy (non-hydrogen) atoms. The lowest BCUT2D eigenvalue weighted by molar-refractivity contribution is -0.142. The largest absolute Gasteiger partial charge is 0.481 e. The van der Waals surface area contributed by atoms with Crippen molar-refractivity contribution in [3.8, 4) is 0 Å². The lowest BCUT2D eigenvalue weighted by atomic mass is 10.0. The van der Waals surface area contributed by atoms with E-state index >= 15 is 0 Å². The third kappa shape index (κ3) is 10.8. The van der Waals surface area contributed by atoms with E-state index in [1.165, 1.54) is 24.3 Å². The fourth-order valence-corrected chi connectivity index (χ4v) is 3.56. The molecule has 4 atom stereocenters. The van der Waals surface area contributed by atoms with Gasteiger partial charge in [-0.2, -0.15) is 11.8 Å². The molecule has 4 unspecified atom stereocenters. The van der Waals surface area contributed by atoms with Crippen LogP contribution < -0.4 is 21.7 Å². The molecule has 0 saturated heterocycles. The number of H-pyrrole nitrogens is 1. The molecule has 0 radical (unpaired) electrons. The van der Waals surface area contributed by atoms with Crippen LogP contribution in [0.3, 0.4) is 0 Å². The van der Waals surface area contributed by atoms with Crippen molar-refractivity contribution in [3.05, 3.63) is 18.2 Å². The predicted molar refractivity (Wildman–Crippen MR) is 128 cm³/mol. The molecule has 0 saturated carbocycles. The SMILES string of the molecule is CSCCC(NC(=O)C(NC(=O)C(CCC(=O)O)NC(=O)C(N)Cc1cnc[nH]1)C(C)C)C(=O)O. The number of aromatic nitrogens is 2. The van der Waals surface area contributed by atoms with Gasteiger partial charge in [0.1, 0.15) is 18.1 Å². The Morgan fingerprint density at radius 3 is 2.20 bits per heavy atom. The van der Waals surface area contributed by atoms with Crippen LogP contribution >= 0.6 is 11.8 Å². The van der Waals surface area contributed by atoms with Gasteiger partial charge in [-0.25, -0.2) is 9.78 Å². The van der Waals surface area contributed by atoms with E-state index in [1.807, 2.05) is 6.26 Å². The van der Waals surface area contributed by atoms with Gasteiger partial charge in [0.2, 0.25) is 17.7 Å². The monoisotopic (exact) mass is 514 g/mol. The number of carboxylic acids is 2. The van der Waals surface area contributed by atoms with Crippen LogP contribution in [0.5, 0.6) is 0 Å². The second-order valence-corrected chi connectivity index (χ2v) is 9.28. The zero-order chi connectivity index (χ0) is 26.5. The van der Waals surface area contributed by atoms with Gasteiger partial charge in [-0.1, -0.05) is 13.8 Å². The van der Waals surface area contributed by atoms with Crippen LogP contribution in [0.15, 0.2) is 12.5 Å². The number of nitrogens with zero attached hydrogens (tertiary/aromatic N) is 1. The van der Waals surface area contributed by atoms with Crippen LogP contribution in [0.1, 0.15) is 38.8 Å². The Bertz CT molecular complexity index is 864. The summed E-state index contributed by atoms with van der Waals surface area (Å²) in [7, 11) is 0. The van der Waals surface area contributed by atoms with Crippen LogP contribution in [0.4, 0.5) is 0 Å². The number of carboxylic acid groups (broad SMARTS) is 2. The summed E-state index contributed by atoms with van der Waals surface area (Å²) in [6.45, 7) is 3.32. The second-order valence-electron chi connectivity index (χ2n) is 8.29. The molecule has 14 heteroatoms. The number of aliphatic carboxylic acids is 2. The number of carbonyl (C=O) groups excluding carboxylic acids is 3. The van der Waals surface area contributed by atoms with E-state index in [2.05, 4.69) is 25.9 Å². The number of thioether (sulfide) groups is 1. The first-order valence-electron chi connectivity index (χ1n) is 11.0. The molecular weight excluding hydrogens is 480 g/mol. The number of rotatable bonds is 16. The first-order chi connectivity index (χ1) is 16.5. The molecule has 13 nitrogen and oxygen atoms in total. The number of hydrogen-bond donors (Lipinski definition) is 7. The number of imidazole rings is 1. The van der Waals surface area contributed by atoms with Crippen molar-refractivity contribution in [2.24, 2.45) is 11.7 Å². The van der Waals surface area contributed by atoms with Crippen molar-refractivity contribution in [2.75, 3.05) is 12.0 Å². The summed E-state index contributed by atoms with van der Waals surface area (Å²) in [5, 5.41) is 25.8. The predicted octanol–water partition coefficient (Wildman–Crippen LogP) is -0.908. The molecule has 8 N–H and O–H groups in total. The van der Waals surface area contributed by atoms with Crippen LogP contribution in [0, 0.1) is 5.92 Å². The maximum Gasteiger partial charge on any atom is 0.326 e. The van der Waals surface area contributed by atoms with Crippen LogP contribution in [0.25, 0.3) is 0 Å². The summed E-state index contributed by atoms with van der Waals surface area (Å²) >= 11 is 1.43. The maximum absolute atomic E-state index is 13.0. The van der Waals surface area contributed by atoms with Crippen molar-refractivity contribution < 1.29 is 34.2 Å². The van der Waals surface area contributed by atoms with Crippen molar-refractivity contribution in [2.45, 2.75) is 63.7 Å². The molecule has 0 aliphatic heterocycles. The van der Waals surface area contributed by atoms with E-state index in [0.717, 1.165) is 0 Å². The highest BCUT2D eigenvalue weighted by Gasteiger charge is 2.32. The van der Waals surface area contributed by atoms with E-state index < -0.39 is 66.2 Å². The molecule has 196 valence electrons. The highest BCUT2D eigenvalue weighted by molar-refractivity contribution is 7.98.